The van der Waals surface area contributed by atoms with Gasteiger partial charge in [0.05, 0.1) is 17.2 Å². The van der Waals surface area contributed by atoms with E-state index in [-0.39, 0.29) is 12.1 Å². The van der Waals surface area contributed by atoms with Gasteiger partial charge in [-0.2, -0.15) is 8.78 Å². The minimum Gasteiger partial charge on any atom is -0.494 e. The van der Waals surface area contributed by atoms with Gasteiger partial charge in [0.2, 0.25) is 15.7 Å². The van der Waals surface area contributed by atoms with Crippen molar-refractivity contribution in [2.75, 3.05) is 11.9 Å². The molecule has 0 saturated heterocycles. The summed E-state index contributed by atoms with van der Waals surface area (Å²) in [6.45, 7) is 2.34. The predicted molar refractivity (Wildman–Crippen MR) is 94.2 cm³/mol. The second kappa shape index (κ2) is 8.75. The first-order valence-electron chi connectivity index (χ1n) is 7.98. The molecular formula is C18H19F2NO4S. The third-order valence-electron chi connectivity index (χ3n) is 3.60. The van der Waals surface area contributed by atoms with Crippen molar-refractivity contribution in [2.45, 2.75) is 30.4 Å². The molecule has 0 aromatic heterocycles. The number of benzene rings is 2. The number of halogens is 2. The van der Waals surface area contributed by atoms with Crippen molar-refractivity contribution in [3.63, 3.8) is 0 Å². The fraction of sp³-hybridized carbons (Fsp3) is 0.278. The lowest BCUT2D eigenvalue weighted by Gasteiger charge is -2.12. The molecule has 2 aromatic carbocycles. The monoisotopic (exact) mass is 383 g/mol. The number of anilines is 1. The van der Waals surface area contributed by atoms with Crippen LogP contribution in [0.4, 0.5) is 14.5 Å². The standard InChI is InChI=1S/C18H19F2NO4S/c1-2-25-15-9-5-3-7-13(15)11-12-17(22)21-14-8-4-6-10-16(14)26(23,24)18(19)20/h3-10,18H,2,11-12H2,1H3,(H,21,22). The Kier molecular flexibility index (Phi) is 6.68. The van der Waals surface area contributed by atoms with Crippen molar-refractivity contribution in [1.29, 1.82) is 0 Å². The molecule has 0 bridgehead atoms. The second-order valence-corrected chi connectivity index (χ2v) is 7.28. The average molecular weight is 383 g/mol. The number of aryl methyl sites for hydroxylation is 1. The van der Waals surface area contributed by atoms with Crippen LogP contribution in [0.1, 0.15) is 18.9 Å². The van der Waals surface area contributed by atoms with E-state index in [2.05, 4.69) is 5.32 Å². The predicted octanol–water partition coefficient (Wildman–Crippen LogP) is 3.65. The Bertz CT molecular complexity index is 869. The lowest BCUT2D eigenvalue weighted by molar-refractivity contribution is -0.116. The van der Waals surface area contributed by atoms with E-state index in [9.17, 15) is 22.0 Å². The number of carbonyl (C=O) groups is 1. The Labute approximate surface area is 150 Å². The summed E-state index contributed by atoms with van der Waals surface area (Å²) in [5.74, 6) is -3.37. The topological polar surface area (TPSA) is 72.5 Å². The van der Waals surface area contributed by atoms with Gasteiger partial charge in [-0.3, -0.25) is 4.79 Å². The fourth-order valence-electron chi connectivity index (χ4n) is 2.38. The maximum atomic E-state index is 12.8. The van der Waals surface area contributed by atoms with E-state index in [0.29, 0.717) is 18.8 Å². The van der Waals surface area contributed by atoms with Crippen LogP contribution in [0, 0.1) is 0 Å². The van der Waals surface area contributed by atoms with Crippen LogP contribution < -0.4 is 10.1 Å². The lowest BCUT2D eigenvalue weighted by atomic mass is 10.1. The van der Waals surface area contributed by atoms with E-state index >= 15 is 0 Å². The van der Waals surface area contributed by atoms with Crippen molar-refractivity contribution in [3.05, 3.63) is 54.1 Å². The molecule has 0 fully saturated rings. The maximum absolute atomic E-state index is 12.8. The summed E-state index contributed by atoms with van der Waals surface area (Å²) in [5, 5.41) is 2.40. The molecule has 0 atom stereocenters. The van der Waals surface area contributed by atoms with Gasteiger partial charge < -0.3 is 10.1 Å². The highest BCUT2D eigenvalue weighted by molar-refractivity contribution is 7.91. The van der Waals surface area contributed by atoms with Gasteiger partial charge in [-0.05, 0) is 37.1 Å². The van der Waals surface area contributed by atoms with Gasteiger partial charge in [0.25, 0.3) is 0 Å². The number of amides is 1. The van der Waals surface area contributed by atoms with E-state index in [1.54, 1.807) is 6.07 Å². The van der Waals surface area contributed by atoms with Gasteiger partial charge in [0.1, 0.15) is 5.75 Å². The molecule has 0 spiro atoms. The van der Waals surface area contributed by atoms with Crippen LogP contribution >= 0.6 is 0 Å². The van der Waals surface area contributed by atoms with Gasteiger partial charge >= 0.3 is 5.76 Å². The van der Waals surface area contributed by atoms with Crippen LogP contribution in [0.2, 0.25) is 0 Å². The molecule has 2 aromatic rings. The highest BCUT2D eigenvalue weighted by Gasteiger charge is 2.29. The van der Waals surface area contributed by atoms with E-state index in [4.69, 9.17) is 4.74 Å². The molecule has 0 saturated carbocycles. The molecular weight excluding hydrogens is 364 g/mol. The van der Waals surface area contributed by atoms with Crippen molar-refractivity contribution >= 4 is 21.4 Å². The minimum atomic E-state index is -4.80. The normalized spacial score (nSPS) is 11.4. The first-order valence-corrected chi connectivity index (χ1v) is 9.52. The Morgan fingerprint density at radius 2 is 1.77 bits per heavy atom. The Morgan fingerprint density at radius 3 is 2.46 bits per heavy atom. The second-order valence-electron chi connectivity index (χ2n) is 5.39. The van der Waals surface area contributed by atoms with Gasteiger partial charge in [0, 0.05) is 6.42 Å². The molecule has 0 unspecified atom stereocenters. The van der Waals surface area contributed by atoms with Crippen LogP contribution in [0.5, 0.6) is 5.75 Å². The van der Waals surface area contributed by atoms with Crippen LogP contribution in [-0.2, 0) is 21.1 Å². The molecule has 1 amide bonds. The number of hydrogen-bond donors (Lipinski definition) is 1. The smallest absolute Gasteiger partial charge is 0.341 e. The maximum Gasteiger partial charge on any atom is 0.341 e. The Hall–Kier alpha value is -2.48. The van der Waals surface area contributed by atoms with Crippen LogP contribution in [0.3, 0.4) is 0 Å². The van der Waals surface area contributed by atoms with E-state index in [1.807, 2.05) is 25.1 Å². The molecule has 2 rings (SSSR count). The van der Waals surface area contributed by atoms with E-state index in [0.717, 1.165) is 11.6 Å². The molecule has 0 radical (unpaired) electrons. The quantitative estimate of drug-likeness (QED) is 0.755. The number of rotatable bonds is 8. The largest absolute Gasteiger partial charge is 0.494 e. The van der Waals surface area contributed by atoms with Gasteiger partial charge in [-0.1, -0.05) is 30.3 Å². The summed E-state index contributed by atoms with van der Waals surface area (Å²) in [5.41, 5.74) is 0.675. The number of hydrogen-bond acceptors (Lipinski definition) is 4. The summed E-state index contributed by atoms with van der Waals surface area (Å²) < 4.78 is 54.5. The Morgan fingerprint density at radius 1 is 1.12 bits per heavy atom. The number of nitrogens with one attached hydrogen (secondary N) is 1. The molecule has 5 nitrogen and oxygen atoms in total. The molecule has 1 N–H and O–H groups in total. The van der Waals surface area contributed by atoms with E-state index in [1.165, 1.54) is 18.2 Å². The summed E-state index contributed by atoms with van der Waals surface area (Å²) in [7, 11) is -4.80. The number of carbonyl (C=O) groups excluding carboxylic acids is 1. The van der Waals surface area contributed by atoms with E-state index < -0.39 is 26.4 Å². The highest BCUT2D eigenvalue weighted by atomic mass is 32.2. The van der Waals surface area contributed by atoms with Crippen molar-refractivity contribution in [3.8, 4) is 5.75 Å². The zero-order valence-corrected chi connectivity index (χ0v) is 14.9. The molecule has 140 valence electrons. The zero-order chi connectivity index (χ0) is 19.2. The first-order chi connectivity index (χ1) is 12.4. The highest BCUT2D eigenvalue weighted by Crippen LogP contribution is 2.26. The zero-order valence-electron chi connectivity index (χ0n) is 14.1. The van der Waals surface area contributed by atoms with Gasteiger partial charge in [0.15, 0.2) is 0 Å². The average Bonchev–Trinajstić information content (AvgIpc) is 2.61. The SMILES string of the molecule is CCOc1ccccc1CCC(=O)Nc1ccccc1S(=O)(=O)C(F)F. The molecule has 0 aliphatic heterocycles. The first kappa shape index (κ1) is 19.8. The summed E-state index contributed by atoms with van der Waals surface area (Å²) in [6, 6.07) is 12.4. The summed E-state index contributed by atoms with van der Waals surface area (Å²) in [6.07, 6.45) is 0.416. The summed E-state index contributed by atoms with van der Waals surface area (Å²) >= 11 is 0. The molecule has 0 aliphatic rings. The third-order valence-corrected chi connectivity index (χ3v) is 5.03. The van der Waals surface area contributed by atoms with Gasteiger partial charge in [-0.25, -0.2) is 8.42 Å². The van der Waals surface area contributed by atoms with Crippen LogP contribution in [-0.4, -0.2) is 26.7 Å². The fourth-order valence-corrected chi connectivity index (χ4v) is 3.27. The van der Waals surface area contributed by atoms with Crippen LogP contribution in [0.15, 0.2) is 53.4 Å². The van der Waals surface area contributed by atoms with Crippen molar-refractivity contribution in [2.24, 2.45) is 0 Å². The van der Waals surface area contributed by atoms with Crippen molar-refractivity contribution in [1.82, 2.24) is 0 Å². The number of sulfone groups is 1. The molecule has 0 heterocycles. The third kappa shape index (κ3) is 4.78. The van der Waals surface area contributed by atoms with Crippen molar-refractivity contribution < 1.29 is 26.7 Å². The minimum absolute atomic E-state index is 0.0488. The molecule has 0 aliphatic carbocycles. The van der Waals surface area contributed by atoms with Gasteiger partial charge in [-0.15, -0.1) is 0 Å². The Balaban J connectivity index is 2.10. The molecule has 8 heteroatoms. The summed E-state index contributed by atoms with van der Waals surface area (Å²) in [4.78, 5) is 11.6. The lowest BCUT2D eigenvalue weighted by Crippen LogP contribution is -2.18. The molecule has 26 heavy (non-hydrogen) atoms. The number of ether oxygens (including phenoxy) is 1. The van der Waals surface area contributed by atoms with Crippen LogP contribution in [0.25, 0.3) is 0 Å². The number of alkyl halides is 2. The number of para-hydroxylation sites is 2.